The molecule has 0 unspecified atom stereocenters. The highest BCUT2D eigenvalue weighted by Gasteiger charge is 2.27. The first-order chi connectivity index (χ1) is 19.5. The third-order valence-electron chi connectivity index (χ3n) is 6.65. The van der Waals surface area contributed by atoms with Crippen LogP contribution in [0.2, 0.25) is 0 Å². The van der Waals surface area contributed by atoms with E-state index in [1.807, 2.05) is 32.8 Å². The van der Waals surface area contributed by atoms with Crippen LogP contribution in [-0.4, -0.2) is 77.5 Å². The highest BCUT2D eigenvalue weighted by Crippen LogP contribution is 2.25. The first-order valence-corrected chi connectivity index (χ1v) is 14.0. The number of amides is 2. The molecule has 1 aliphatic carbocycles. The van der Waals surface area contributed by atoms with E-state index in [4.69, 9.17) is 4.74 Å². The molecular weight excluding hydrogens is 523 g/mol. The molecule has 0 spiro atoms. The van der Waals surface area contributed by atoms with E-state index >= 15 is 0 Å². The SMILES string of the molecule is CC(C)Oc1nc(Nc2cccc(F)c2)ncc1C#C[C@@H]1CCC[C@H](NC(=O)[C@H](C)N(C)C(=O)C=CCN(C)C)C1. The van der Waals surface area contributed by atoms with Gasteiger partial charge in [-0.05, 0) is 72.3 Å². The van der Waals surface area contributed by atoms with Crippen molar-refractivity contribution in [3.63, 3.8) is 0 Å². The average molecular weight is 565 g/mol. The van der Waals surface area contributed by atoms with Crippen molar-refractivity contribution < 1.29 is 18.7 Å². The second-order valence-electron chi connectivity index (χ2n) is 10.8. The number of carbonyl (C=O) groups is 2. The highest BCUT2D eigenvalue weighted by molar-refractivity contribution is 5.92. The monoisotopic (exact) mass is 564 g/mol. The second-order valence-corrected chi connectivity index (χ2v) is 10.8. The molecule has 0 saturated heterocycles. The summed E-state index contributed by atoms with van der Waals surface area (Å²) >= 11 is 0. The number of nitrogens with zero attached hydrogens (tertiary/aromatic N) is 4. The topological polar surface area (TPSA) is 99.7 Å². The van der Waals surface area contributed by atoms with Gasteiger partial charge in [-0.25, -0.2) is 9.37 Å². The summed E-state index contributed by atoms with van der Waals surface area (Å²) in [5.41, 5.74) is 1.09. The number of benzene rings is 1. The third kappa shape index (κ3) is 10.2. The van der Waals surface area contributed by atoms with E-state index in [9.17, 15) is 14.0 Å². The molecule has 41 heavy (non-hydrogen) atoms. The number of ether oxygens (including phenoxy) is 1. The summed E-state index contributed by atoms with van der Waals surface area (Å²) < 4.78 is 19.5. The van der Waals surface area contributed by atoms with Crippen LogP contribution in [0.5, 0.6) is 5.88 Å². The zero-order chi connectivity index (χ0) is 29.9. The largest absolute Gasteiger partial charge is 0.474 e. The summed E-state index contributed by atoms with van der Waals surface area (Å²) in [4.78, 5) is 37.6. The van der Waals surface area contributed by atoms with Gasteiger partial charge in [0, 0.05) is 37.3 Å². The van der Waals surface area contributed by atoms with Crippen molar-refractivity contribution in [1.29, 1.82) is 0 Å². The van der Waals surface area contributed by atoms with E-state index < -0.39 is 6.04 Å². The van der Waals surface area contributed by atoms with Crippen molar-refractivity contribution in [2.45, 2.75) is 64.6 Å². The van der Waals surface area contributed by atoms with Crippen LogP contribution in [0.3, 0.4) is 0 Å². The van der Waals surface area contributed by atoms with Crippen molar-refractivity contribution in [1.82, 2.24) is 25.1 Å². The average Bonchev–Trinajstić information content (AvgIpc) is 2.91. The maximum Gasteiger partial charge on any atom is 0.246 e. The van der Waals surface area contributed by atoms with Crippen molar-refractivity contribution >= 4 is 23.5 Å². The standard InChI is InChI=1S/C31H41FN6O3/c1-21(2)41-30-24(20-33-31(36-30)35-27-13-8-11-25(32)19-27)16-15-23-10-7-12-26(18-23)34-29(40)22(3)38(6)28(39)14-9-17-37(4)5/h8-9,11,13-14,19-23,26H,7,10,12,17-18H2,1-6H3,(H,34,40)(H,33,35,36)/t22-,23-,26-/m0/s1. The minimum Gasteiger partial charge on any atom is -0.474 e. The lowest BCUT2D eigenvalue weighted by molar-refractivity contribution is -0.135. The normalized spacial score (nSPS) is 17.6. The van der Waals surface area contributed by atoms with Gasteiger partial charge in [0.2, 0.25) is 23.6 Å². The van der Waals surface area contributed by atoms with E-state index in [1.54, 1.807) is 38.4 Å². The fraction of sp³-hybridized carbons (Fsp3) is 0.484. The number of aromatic nitrogens is 2. The molecule has 1 heterocycles. The van der Waals surface area contributed by atoms with Crippen LogP contribution in [0.4, 0.5) is 16.0 Å². The van der Waals surface area contributed by atoms with Gasteiger partial charge in [0.15, 0.2) is 0 Å². The molecule has 1 fully saturated rings. The van der Waals surface area contributed by atoms with Crippen LogP contribution in [0.25, 0.3) is 0 Å². The molecule has 0 radical (unpaired) electrons. The lowest BCUT2D eigenvalue weighted by atomic mass is 9.86. The van der Waals surface area contributed by atoms with Gasteiger partial charge in [0.05, 0.1) is 12.3 Å². The van der Waals surface area contributed by atoms with Gasteiger partial charge in [-0.1, -0.05) is 30.4 Å². The van der Waals surface area contributed by atoms with Gasteiger partial charge in [0.1, 0.15) is 17.4 Å². The number of anilines is 2. The lowest BCUT2D eigenvalue weighted by Crippen LogP contribution is -2.49. The van der Waals surface area contributed by atoms with Gasteiger partial charge in [-0.15, -0.1) is 0 Å². The summed E-state index contributed by atoms with van der Waals surface area (Å²) in [6.07, 6.45) is 8.19. The molecule has 10 heteroatoms. The summed E-state index contributed by atoms with van der Waals surface area (Å²) in [7, 11) is 5.49. The summed E-state index contributed by atoms with van der Waals surface area (Å²) in [6, 6.07) is 5.44. The predicted octanol–water partition coefficient (Wildman–Crippen LogP) is 4.14. The van der Waals surface area contributed by atoms with Crippen LogP contribution < -0.4 is 15.4 Å². The van der Waals surface area contributed by atoms with Crippen molar-refractivity contribution in [2.75, 3.05) is 33.0 Å². The molecule has 0 bridgehead atoms. The molecule has 0 aliphatic heterocycles. The highest BCUT2D eigenvalue weighted by atomic mass is 19.1. The Labute approximate surface area is 242 Å². The zero-order valence-electron chi connectivity index (χ0n) is 24.8. The first kappa shape index (κ1) is 31.6. The Hall–Kier alpha value is -3.97. The maximum absolute atomic E-state index is 13.6. The lowest BCUT2D eigenvalue weighted by Gasteiger charge is -2.30. The van der Waals surface area contributed by atoms with Gasteiger partial charge in [-0.3, -0.25) is 9.59 Å². The Morgan fingerprint density at radius 3 is 2.71 bits per heavy atom. The Morgan fingerprint density at radius 2 is 2.00 bits per heavy atom. The number of carbonyl (C=O) groups excluding carboxylic acids is 2. The quantitative estimate of drug-likeness (QED) is 0.331. The molecule has 1 aliphatic rings. The molecule has 2 N–H and O–H groups in total. The Bertz CT molecular complexity index is 1290. The van der Waals surface area contributed by atoms with Crippen molar-refractivity contribution in [3.05, 3.63) is 54.0 Å². The van der Waals surface area contributed by atoms with E-state index in [2.05, 4.69) is 32.4 Å². The summed E-state index contributed by atoms with van der Waals surface area (Å²) in [5.74, 6) is 6.47. The fourth-order valence-corrected chi connectivity index (χ4v) is 4.32. The van der Waals surface area contributed by atoms with Crippen molar-refractivity contribution in [2.24, 2.45) is 5.92 Å². The third-order valence-corrected chi connectivity index (χ3v) is 6.65. The maximum atomic E-state index is 13.6. The van der Waals surface area contributed by atoms with Gasteiger partial charge >= 0.3 is 0 Å². The number of halogens is 1. The van der Waals surface area contributed by atoms with Gasteiger partial charge < -0.3 is 25.2 Å². The number of hydrogen-bond donors (Lipinski definition) is 2. The molecular formula is C31H41FN6O3. The Morgan fingerprint density at radius 1 is 1.22 bits per heavy atom. The molecule has 1 aromatic carbocycles. The molecule has 3 rings (SSSR count). The number of likely N-dealkylation sites (N-methyl/N-ethyl adjacent to an activating group) is 2. The van der Waals surface area contributed by atoms with Crippen LogP contribution in [0.1, 0.15) is 52.0 Å². The number of rotatable bonds is 10. The van der Waals surface area contributed by atoms with Crippen LogP contribution in [0.15, 0.2) is 42.6 Å². The molecule has 220 valence electrons. The van der Waals surface area contributed by atoms with E-state index in [1.165, 1.54) is 23.1 Å². The molecule has 1 saturated carbocycles. The van der Waals surface area contributed by atoms with Crippen LogP contribution >= 0.6 is 0 Å². The predicted molar refractivity (Wildman–Crippen MR) is 158 cm³/mol. The minimum atomic E-state index is -0.592. The van der Waals surface area contributed by atoms with Crippen LogP contribution in [0, 0.1) is 23.6 Å². The minimum absolute atomic E-state index is 0.0220. The van der Waals surface area contributed by atoms with Gasteiger partial charge in [-0.2, -0.15) is 4.98 Å². The molecule has 2 amide bonds. The van der Waals surface area contributed by atoms with Crippen molar-refractivity contribution in [3.8, 4) is 17.7 Å². The Balaban J connectivity index is 1.63. The van der Waals surface area contributed by atoms with E-state index in [0.717, 1.165) is 19.3 Å². The molecule has 3 atom stereocenters. The smallest absolute Gasteiger partial charge is 0.246 e. The summed E-state index contributed by atoms with van der Waals surface area (Å²) in [6.45, 7) is 6.19. The fourth-order valence-electron chi connectivity index (χ4n) is 4.32. The van der Waals surface area contributed by atoms with E-state index in [0.29, 0.717) is 30.1 Å². The summed E-state index contributed by atoms with van der Waals surface area (Å²) in [5, 5.41) is 6.10. The molecule has 1 aromatic heterocycles. The Kier molecular flexibility index (Phi) is 11.7. The van der Waals surface area contributed by atoms with E-state index in [-0.39, 0.29) is 41.6 Å². The molecule has 9 nitrogen and oxygen atoms in total. The molecule has 2 aromatic rings. The van der Waals surface area contributed by atoms with Gasteiger partial charge in [0.25, 0.3) is 0 Å². The zero-order valence-corrected chi connectivity index (χ0v) is 24.8. The first-order valence-electron chi connectivity index (χ1n) is 14.0. The number of nitrogens with one attached hydrogen (secondary N) is 2. The second kappa shape index (κ2) is 15.1. The number of hydrogen-bond acceptors (Lipinski definition) is 7. The van der Waals surface area contributed by atoms with Crippen LogP contribution in [-0.2, 0) is 9.59 Å².